The summed E-state index contributed by atoms with van der Waals surface area (Å²) in [6, 6.07) is 7.97. The fourth-order valence-corrected chi connectivity index (χ4v) is 3.13. The molecule has 118 valence electrons. The molecular weight excluding hydrogens is 278 g/mol. The van der Waals surface area contributed by atoms with Gasteiger partial charge < -0.3 is 15.1 Å². The molecule has 0 saturated carbocycles. The van der Waals surface area contributed by atoms with E-state index in [-0.39, 0.29) is 18.4 Å². The number of hydrogen-bond acceptors (Lipinski definition) is 3. The molecule has 2 saturated heterocycles. The average molecular weight is 301 g/mol. The standard InChI is InChI=1S/C17H23N3O2/c21-16(13-20-12-2-1-5-17(20)22)18-14-6-8-15(9-7-14)19-10-3-4-11-19/h6-9H,1-5,10-13H2,(H,18,21). The lowest BCUT2D eigenvalue weighted by Crippen LogP contribution is -2.40. The zero-order valence-electron chi connectivity index (χ0n) is 12.9. The van der Waals surface area contributed by atoms with Crippen molar-refractivity contribution in [3.8, 4) is 0 Å². The van der Waals surface area contributed by atoms with Crippen LogP contribution in [0.2, 0.25) is 0 Å². The van der Waals surface area contributed by atoms with Crippen molar-refractivity contribution >= 4 is 23.2 Å². The second-order valence-electron chi connectivity index (χ2n) is 6.06. The van der Waals surface area contributed by atoms with Gasteiger partial charge in [0.15, 0.2) is 0 Å². The van der Waals surface area contributed by atoms with Crippen molar-refractivity contribution in [1.82, 2.24) is 4.90 Å². The van der Waals surface area contributed by atoms with Gasteiger partial charge in [-0.2, -0.15) is 0 Å². The lowest BCUT2D eigenvalue weighted by atomic mass is 10.1. The van der Waals surface area contributed by atoms with Crippen LogP contribution in [-0.2, 0) is 9.59 Å². The summed E-state index contributed by atoms with van der Waals surface area (Å²) in [6.45, 7) is 3.08. The number of hydrogen-bond donors (Lipinski definition) is 1. The average Bonchev–Trinajstić information content (AvgIpc) is 3.05. The molecule has 2 heterocycles. The van der Waals surface area contributed by atoms with Gasteiger partial charge in [-0.25, -0.2) is 0 Å². The number of nitrogens with one attached hydrogen (secondary N) is 1. The molecule has 2 fully saturated rings. The Morgan fingerprint density at radius 2 is 1.68 bits per heavy atom. The molecule has 0 unspecified atom stereocenters. The molecule has 3 rings (SSSR count). The molecule has 0 spiro atoms. The SMILES string of the molecule is O=C(CN1CCCCC1=O)Nc1ccc(N2CCCC2)cc1. The second-order valence-corrected chi connectivity index (χ2v) is 6.06. The zero-order chi connectivity index (χ0) is 15.4. The van der Waals surface area contributed by atoms with Crippen molar-refractivity contribution in [2.24, 2.45) is 0 Å². The third-order valence-corrected chi connectivity index (χ3v) is 4.38. The van der Waals surface area contributed by atoms with Crippen molar-refractivity contribution in [3.63, 3.8) is 0 Å². The largest absolute Gasteiger partial charge is 0.372 e. The summed E-state index contributed by atoms with van der Waals surface area (Å²) < 4.78 is 0. The number of benzene rings is 1. The van der Waals surface area contributed by atoms with Gasteiger partial charge in [0.1, 0.15) is 0 Å². The number of carbonyl (C=O) groups is 2. The lowest BCUT2D eigenvalue weighted by molar-refractivity contribution is -0.136. The third-order valence-electron chi connectivity index (χ3n) is 4.38. The predicted octanol–water partition coefficient (Wildman–Crippen LogP) is 2.24. The number of carbonyl (C=O) groups excluding carboxylic acids is 2. The van der Waals surface area contributed by atoms with Crippen LogP contribution in [0.1, 0.15) is 32.1 Å². The van der Waals surface area contributed by atoms with Gasteiger partial charge in [0.25, 0.3) is 0 Å². The van der Waals surface area contributed by atoms with E-state index in [0.717, 1.165) is 31.6 Å². The van der Waals surface area contributed by atoms with Gasteiger partial charge >= 0.3 is 0 Å². The molecule has 1 aromatic carbocycles. The topological polar surface area (TPSA) is 52.7 Å². The first-order valence-corrected chi connectivity index (χ1v) is 8.15. The fourth-order valence-electron chi connectivity index (χ4n) is 3.13. The molecule has 0 aromatic heterocycles. The van der Waals surface area contributed by atoms with Gasteiger partial charge in [-0.05, 0) is 49.9 Å². The van der Waals surface area contributed by atoms with E-state index in [1.54, 1.807) is 4.90 Å². The molecule has 2 aliphatic heterocycles. The van der Waals surface area contributed by atoms with Gasteiger partial charge in [-0.1, -0.05) is 0 Å². The molecule has 1 N–H and O–H groups in total. The second kappa shape index (κ2) is 6.81. The minimum Gasteiger partial charge on any atom is -0.372 e. The van der Waals surface area contributed by atoms with Crippen molar-refractivity contribution in [3.05, 3.63) is 24.3 Å². The molecule has 2 amide bonds. The Morgan fingerprint density at radius 1 is 1.00 bits per heavy atom. The summed E-state index contributed by atoms with van der Waals surface area (Å²) in [4.78, 5) is 27.8. The molecule has 0 atom stereocenters. The summed E-state index contributed by atoms with van der Waals surface area (Å²) in [5.74, 6) is -0.0325. The molecule has 5 heteroatoms. The highest BCUT2D eigenvalue weighted by Gasteiger charge is 2.20. The van der Waals surface area contributed by atoms with E-state index in [2.05, 4.69) is 10.2 Å². The summed E-state index contributed by atoms with van der Waals surface area (Å²) >= 11 is 0. The molecule has 0 aliphatic carbocycles. The van der Waals surface area contributed by atoms with Crippen LogP contribution in [0.5, 0.6) is 0 Å². The van der Waals surface area contributed by atoms with Gasteiger partial charge in [0, 0.05) is 37.4 Å². The van der Waals surface area contributed by atoms with Crippen LogP contribution in [0, 0.1) is 0 Å². The van der Waals surface area contributed by atoms with Gasteiger partial charge in [0.2, 0.25) is 11.8 Å². The highest BCUT2D eigenvalue weighted by molar-refractivity contribution is 5.94. The summed E-state index contributed by atoms with van der Waals surface area (Å²) in [7, 11) is 0. The van der Waals surface area contributed by atoms with E-state index in [1.807, 2.05) is 24.3 Å². The smallest absolute Gasteiger partial charge is 0.243 e. The van der Waals surface area contributed by atoms with E-state index in [4.69, 9.17) is 0 Å². The summed E-state index contributed by atoms with van der Waals surface area (Å²) in [6.07, 6.45) is 5.00. The molecule has 0 radical (unpaired) electrons. The van der Waals surface area contributed by atoms with Gasteiger partial charge in [-0.3, -0.25) is 9.59 Å². The number of amides is 2. The van der Waals surface area contributed by atoms with Crippen LogP contribution in [-0.4, -0.2) is 42.9 Å². The van der Waals surface area contributed by atoms with E-state index in [0.29, 0.717) is 13.0 Å². The van der Waals surface area contributed by atoms with Crippen LogP contribution < -0.4 is 10.2 Å². The van der Waals surface area contributed by atoms with Crippen LogP contribution in [0.25, 0.3) is 0 Å². The highest BCUT2D eigenvalue weighted by atomic mass is 16.2. The number of nitrogens with zero attached hydrogens (tertiary/aromatic N) is 2. The molecule has 1 aromatic rings. The van der Waals surface area contributed by atoms with E-state index in [9.17, 15) is 9.59 Å². The molecule has 22 heavy (non-hydrogen) atoms. The number of likely N-dealkylation sites (tertiary alicyclic amines) is 1. The number of anilines is 2. The Bertz CT molecular complexity index is 535. The van der Waals surface area contributed by atoms with Crippen LogP contribution in [0.3, 0.4) is 0 Å². The number of piperidine rings is 1. The van der Waals surface area contributed by atoms with Crippen LogP contribution >= 0.6 is 0 Å². The Labute approximate surface area is 131 Å². The molecule has 2 aliphatic rings. The number of rotatable bonds is 4. The van der Waals surface area contributed by atoms with E-state index in [1.165, 1.54) is 18.5 Å². The van der Waals surface area contributed by atoms with Gasteiger partial charge in [-0.15, -0.1) is 0 Å². The first-order valence-electron chi connectivity index (χ1n) is 8.15. The maximum atomic E-state index is 12.1. The Morgan fingerprint density at radius 3 is 2.36 bits per heavy atom. The highest BCUT2D eigenvalue weighted by Crippen LogP contribution is 2.22. The van der Waals surface area contributed by atoms with Crippen LogP contribution in [0.15, 0.2) is 24.3 Å². The molecular formula is C17H23N3O2. The fraction of sp³-hybridized carbons (Fsp3) is 0.529. The Hall–Kier alpha value is -2.04. The lowest BCUT2D eigenvalue weighted by Gasteiger charge is -2.26. The normalized spacial score (nSPS) is 18.6. The molecule has 0 bridgehead atoms. The maximum Gasteiger partial charge on any atom is 0.243 e. The quantitative estimate of drug-likeness (QED) is 0.928. The zero-order valence-corrected chi connectivity index (χ0v) is 12.9. The van der Waals surface area contributed by atoms with E-state index >= 15 is 0 Å². The van der Waals surface area contributed by atoms with Crippen molar-refractivity contribution in [2.75, 3.05) is 36.4 Å². The monoisotopic (exact) mass is 301 g/mol. The van der Waals surface area contributed by atoms with Crippen LogP contribution in [0.4, 0.5) is 11.4 Å². The molecule has 5 nitrogen and oxygen atoms in total. The van der Waals surface area contributed by atoms with Crippen molar-refractivity contribution in [1.29, 1.82) is 0 Å². The van der Waals surface area contributed by atoms with Gasteiger partial charge in [0.05, 0.1) is 6.54 Å². The minimum absolute atomic E-state index is 0.0887. The van der Waals surface area contributed by atoms with Crippen molar-refractivity contribution in [2.45, 2.75) is 32.1 Å². The minimum atomic E-state index is -0.121. The first-order chi connectivity index (χ1) is 10.7. The maximum absolute atomic E-state index is 12.1. The van der Waals surface area contributed by atoms with Crippen molar-refractivity contribution < 1.29 is 9.59 Å². The Kier molecular flexibility index (Phi) is 4.61. The summed E-state index contributed by atoms with van der Waals surface area (Å²) in [5, 5.41) is 2.88. The predicted molar refractivity (Wildman–Crippen MR) is 86.9 cm³/mol. The first kappa shape index (κ1) is 14.9. The van der Waals surface area contributed by atoms with E-state index < -0.39 is 0 Å². The third kappa shape index (κ3) is 3.59. The summed E-state index contributed by atoms with van der Waals surface area (Å²) in [5.41, 5.74) is 2.00. The Balaban J connectivity index is 1.53.